The number of carbonyl (C=O) groups is 3. The van der Waals surface area contributed by atoms with Gasteiger partial charge in [0.15, 0.2) is 5.78 Å². The minimum Gasteiger partial charge on any atom is -0.546 e. The van der Waals surface area contributed by atoms with E-state index in [0.29, 0.717) is 33.6 Å². The van der Waals surface area contributed by atoms with Crippen molar-refractivity contribution in [2.45, 2.75) is 83.5 Å². The Labute approximate surface area is 209 Å². The Morgan fingerprint density at radius 1 is 1.09 bits per heavy atom. The monoisotopic (exact) mass is 501 g/mol. The minimum absolute atomic E-state index is 0.146. The molecule has 2 unspecified atom stereocenters. The van der Waals surface area contributed by atoms with E-state index in [9.17, 15) is 14.4 Å². The van der Waals surface area contributed by atoms with E-state index in [1.54, 1.807) is 31.2 Å². The van der Waals surface area contributed by atoms with Gasteiger partial charge in [-0.25, -0.2) is 4.79 Å². The quantitative estimate of drug-likeness (QED) is 0.325. The number of rotatable bonds is 7. The number of ketones is 1. The van der Waals surface area contributed by atoms with Crippen LogP contribution >= 0.6 is 0 Å². The van der Waals surface area contributed by atoms with Gasteiger partial charge in [-0.05, 0) is 41.8 Å². The average molecular weight is 502 g/mol. The van der Waals surface area contributed by atoms with Crippen molar-refractivity contribution in [2.24, 2.45) is 5.92 Å². The third-order valence-electron chi connectivity index (χ3n) is 7.75. The SMILES string of the molecule is CCOC(=O)C1CC(O[Si](C(C)C)(C(C)C)C(C)C)=CCC12C(=O)c1ccccc1N2C(=O)OC. The summed E-state index contributed by atoms with van der Waals surface area (Å²) in [5, 5.41) is 0. The van der Waals surface area contributed by atoms with Gasteiger partial charge in [-0.15, -0.1) is 0 Å². The second-order valence-electron chi connectivity index (χ2n) is 10.4. The van der Waals surface area contributed by atoms with Crippen LogP contribution in [0, 0.1) is 5.92 Å². The lowest BCUT2D eigenvalue weighted by molar-refractivity contribution is -0.150. The van der Waals surface area contributed by atoms with Gasteiger partial charge in [0.05, 0.1) is 31.1 Å². The summed E-state index contributed by atoms with van der Waals surface area (Å²) >= 11 is 0. The molecule has 0 bridgehead atoms. The van der Waals surface area contributed by atoms with Crippen LogP contribution in [0.3, 0.4) is 0 Å². The largest absolute Gasteiger partial charge is 0.546 e. The van der Waals surface area contributed by atoms with Crippen molar-refractivity contribution in [1.29, 1.82) is 0 Å². The van der Waals surface area contributed by atoms with Gasteiger partial charge in [0.2, 0.25) is 0 Å². The fourth-order valence-corrected chi connectivity index (χ4v) is 11.6. The van der Waals surface area contributed by atoms with Crippen molar-refractivity contribution in [2.75, 3.05) is 18.6 Å². The Balaban J connectivity index is 2.15. The van der Waals surface area contributed by atoms with E-state index in [-0.39, 0.29) is 25.2 Å². The van der Waals surface area contributed by atoms with Crippen LogP contribution in [0.1, 0.15) is 71.7 Å². The number of para-hydroxylation sites is 1. The molecule has 0 aromatic heterocycles. The van der Waals surface area contributed by atoms with E-state index >= 15 is 0 Å². The fourth-order valence-electron chi connectivity index (χ4n) is 6.31. The molecule has 1 heterocycles. The maximum absolute atomic E-state index is 13.9. The predicted octanol–water partition coefficient (Wildman–Crippen LogP) is 6.24. The maximum Gasteiger partial charge on any atom is 0.414 e. The summed E-state index contributed by atoms with van der Waals surface area (Å²) in [6, 6.07) is 6.92. The number of allylic oxidation sites excluding steroid dienone is 1. The van der Waals surface area contributed by atoms with Crippen molar-refractivity contribution in [3.05, 3.63) is 41.7 Å². The number of ether oxygens (including phenoxy) is 2. The number of nitrogens with zero attached hydrogens (tertiary/aromatic N) is 1. The summed E-state index contributed by atoms with van der Waals surface area (Å²) in [5.74, 6) is -0.987. The van der Waals surface area contributed by atoms with E-state index in [0.717, 1.165) is 0 Å². The molecule has 1 spiro atoms. The zero-order valence-electron chi connectivity index (χ0n) is 22.2. The lowest BCUT2D eigenvalue weighted by Gasteiger charge is -2.47. The molecule has 1 aliphatic carbocycles. The van der Waals surface area contributed by atoms with E-state index < -0.39 is 31.8 Å². The number of anilines is 1. The summed E-state index contributed by atoms with van der Waals surface area (Å²) in [5.41, 5.74) is 0.456. The Hall–Kier alpha value is -2.61. The molecule has 0 N–H and O–H groups in total. The second-order valence-corrected chi connectivity index (χ2v) is 15.8. The molecule has 8 heteroatoms. The highest BCUT2D eigenvalue weighted by molar-refractivity contribution is 6.77. The van der Waals surface area contributed by atoms with Crippen molar-refractivity contribution in [3.63, 3.8) is 0 Å². The number of methoxy groups -OCH3 is 1. The molecule has 35 heavy (non-hydrogen) atoms. The minimum atomic E-state index is -2.29. The standard InChI is InChI=1S/C27H39NO6Si/c1-9-33-25(30)22-16-20(34-35(17(2)3,18(4)5)19(6)7)14-15-27(22)24(29)21-12-10-11-13-23(21)28(27)26(31)32-8/h10-14,17-19,22H,9,15-16H2,1-8H3. The normalized spacial score (nSPS) is 22.0. The van der Waals surface area contributed by atoms with Crippen molar-refractivity contribution >= 4 is 31.9 Å². The molecule has 1 aromatic rings. The number of amides is 1. The molecule has 0 fully saturated rings. The molecule has 1 amide bonds. The van der Waals surface area contributed by atoms with Gasteiger partial charge in [-0.2, -0.15) is 0 Å². The molecular weight excluding hydrogens is 462 g/mol. The summed E-state index contributed by atoms with van der Waals surface area (Å²) in [6.07, 6.45) is 1.57. The lowest BCUT2D eigenvalue weighted by Crippen LogP contribution is -2.61. The Bertz CT molecular complexity index is 995. The Morgan fingerprint density at radius 2 is 1.69 bits per heavy atom. The van der Waals surface area contributed by atoms with Crippen LogP contribution in [-0.2, 0) is 18.7 Å². The first-order chi connectivity index (χ1) is 16.5. The number of benzene rings is 1. The topological polar surface area (TPSA) is 82.1 Å². The summed E-state index contributed by atoms with van der Waals surface area (Å²) < 4.78 is 17.5. The van der Waals surface area contributed by atoms with E-state index in [4.69, 9.17) is 13.9 Å². The molecule has 0 saturated carbocycles. The van der Waals surface area contributed by atoms with Crippen LogP contribution < -0.4 is 4.90 Å². The highest BCUT2D eigenvalue weighted by atomic mass is 28.4. The Kier molecular flexibility index (Phi) is 7.84. The number of hydrogen-bond donors (Lipinski definition) is 0. The smallest absolute Gasteiger partial charge is 0.414 e. The first-order valence-electron chi connectivity index (χ1n) is 12.6. The number of esters is 1. The van der Waals surface area contributed by atoms with Crippen molar-refractivity contribution in [3.8, 4) is 0 Å². The Morgan fingerprint density at radius 3 is 2.23 bits per heavy atom. The van der Waals surface area contributed by atoms with Crippen LogP contribution in [0.5, 0.6) is 0 Å². The van der Waals surface area contributed by atoms with Gasteiger partial charge >= 0.3 is 12.1 Å². The van der Waals surface area contributed by atoms with Crippen LogP contribution in [0.15, 0.2) is 36.1 Å². The molecule has 192 valence electrons. The van der Waals surface area contributed by atoms with E-state index in [1.165, 1.54) is 12.0 Å². The number of hydrogen-bond acceptors (Lipinski definition) is 6. The molecule has 2 aliphatic rings. The first-order valence-corrected chi connectivity index (χ1v) is 14.7. The average Bonchev–Trinajstić information content (AvgIpc) is 3.06. The van der Waals surface area contributed by atoms with Gasteiger partial charge in [-0.3, -0.25) is 14.5 Å². The second kappa shape index (κ2) is 10.2. The molecule has 0 saturated heterocycles. The van der Waals surface area contributed by atoms with E-state index in [2.05, 4.69) is 41.5 Å². The number of fused-ring (bicyclic) bond motifs is 1. The van der Waals surface area contributed by atoms with Crippen molar-refractivity contribution in [1.82, 2.24) is 0 Å². The maximum atomic E-state index is 13.9. The van der Waals surface area contributed by atoms with Crippen molar-refractivity contribution < 1.29 is 28.3 Å². The van der Waals surface area contributed by atoms with Crippen LogP contribution in [0.25, 0.3) is 0 Å². The molecule has 3 rings (SSSR count). The number of Topliss-reactive ketones (excluding diaryl/α,β-unsaturated/α-hetero) is 1. The lowest BCUT2D eigenvalue weighted by atomic mass is 9.72. The molecule has 2 atom stereocenters. The predicted molar refractivity (Wildman–Crippen MR) is 138 cm³/mol. The van der Waals surface area contributed by atoms with Gasteiger partial charge in [0.1, 0.15) is 5.54 Å². The zero-order chi connectivity index (χ0) is 26.1. The van der Waals surface area contributed by atoms with Gasteiger partial charge in [0, 0.05) is 18.4 Å². The van der Waals surface area contributed by atoms with Gasteiger partial charge in [0.25, 0.3) is 8.32 Å². The summed E-state index contributed by atoms with van der Waals surface area (Å²) in [4.78, 5) is 41.7. The third-order valence-corrected chi connectivity index (χ3v) is 13.8. The summed E-state index contributed by atoms with van der Waals surface area (Å²) in [7, 11) is -1.01. The van der Waals surface area contributed by atoms with Crippen LogP contribution in [0.4, 0.5) is 10.5 Å². The fraction of sp³-hybridized carbons (Fsp3) is 0.593. The van der Waals surface area contributed by atoms with Gasteiger partial charge < -0.3 is 13.9 Å². The molecular formula is C27H39NO6Si. The van der Waals surface area contributed by atoms with E-state index in [1.807, 2.05) is 6.08 Å². The summed E-state index contributed by atoms with van der Waals surface area (Å²) in [6.45, 7) is 15.1. The van der Waals surface area contributed by atoms with Crippen LogP contribution in [0.2, 0.25) is 16.6 Å². The molecule has 1 aliphatic heterocycles. The van der Waals surface area contributed by atoms with Gasteiger partial charge in [-0.1, -0.05) is 53.7 Å². The highest BCUT2D eigenvalue weighted by Crippen LogP contribution is 2.52. The highest BCUT2D eigenvalue weighted by Gasteiger charge is 2.62. The molecule has 1 aromatic carbocycles. The number of carbonyl (C=O) groups excluding carboxylic acids is 3. The zero-order valence-corrected chi connectivity index (χ0v) is 23.2. The molecule has 0 radical (unpaired) electrons. The molecule has 7 nitrogen and oxygen atoms in total. The third kappa shape index (κ3) is 4.19. The first kappa shape index (κ1) is 27.0. The van der Waals surface area contributed by atoms with Crippen LogP contribution in [-0.4, -0.2) is 45.4 Å².